The van der Waals surface area contributed by atoms with Gasteiger partial charge in [0.1, 0.15) is 0 Å². The van der Waals surface area contributed by atoms with Crippen LogP contribution in [0.5, 0.6) is 6.01 Å². The molecule has 0 aliphatic carbocycles. The minimum atomic E-state index is 0.377. The molecule has 3 rings (SSSR count). The minimum Gasteiger partial charge on any atom is -0.467 e. The van der Waals surface area contributed by atoms with Gasteiger partial charge in [0, 0.05) is 29.6 Å². The van der Waals surface area contributed by atoms with Gasteiger partial charge in [-0.05, 0) is 18.9 Å². The summed E-state index contributed by atoms with van der Waals surface area (Å²) in [6.07, 6.45) is 3.39. The second kappa shape index (κ2) is 7.92. The summed E-state index contributed by atoms with van der Waals surface area (Å²) in [5.74, 6) is 1.33. The van der Waals surface area contributed by atoms with Gasteiger partial charge >= 0.3 is 6.01 Å². The molecule has 124 valence electrons. The molecule has 24 heavy (non-hydrogen) atoms. The monoisotopic (exact) mass is 342 g/mol. The first-order valence-corrected chi connectivity index (χ1v) is 8.59. The summed E-state index contributed by atoms with van der Waals surface area (Å²) in [5, 5.41) is 8.76. The van der Waals surface area contributed by atoms with Crippen LogP contribution in [-0.2, 0) is 18.6 Å². The van der Waals surface area contributed by atoms with Crippen molar-refractivity contribution in [3.63, 3.8) is 0 Å². The molecule has 0 aliphatic rings. The number of thioether (sulfide) groups is 1. The number of ether oxygens (including phenoxy) is 1. The molecule has 3 aromatic rings. The zero-order valence-electron chi connectivity index (χ0n) is 13.6. The first kappa shape index (κ1) is 16.4. The van der Waals surface area contributed by atoms with Gasteiger partial charge in [0.15, 0.2) is 0 Å². The SMILES string of the molecule is COc1ncc(CSc2nnc(CCc3ccccc3)o2)c(C)n1. The fourth-order valence-corrected chi connectivity index (χ4v) is 2.96. The van der Waals surface area contributed by atoms with Crippen LogP contribution in [0, 0.1) is 6.92 Å². The van der Waals surface area contributed by atoms with E-state index in [-0.39, 0.29) is 0 Å². The van der Waals surface area contributed by atoms with Crippen LogP contribution in [-0.4, -0.2) is 27.3 Å². The molecule has 0 saturated heterocycles. The molecule has 2 aromatic heterocycles. The molecule has 7 heteroatoms. The maximum atomic E-state index is 5.69. The number of nitrogens with zero attached hydrogens (tertiary/aromatic N) is 4. The third-order valence-electron chi connectivity index (χ3n) is 3.51. The van der Waals surface area contributed by atoms with Gasteiger partial charge in [-0.15, -0.1) is 10.2 Å². The average molecular weight is 342 g/mol. The molecule has 0 unspecified atom stereocenters. The van der Waals surface area contributed by atoms with Crippen molar-refractivity contribution in [3.05, 3.63) is 59.2 Å². The zero-order chi connectivity index (χ0) is 16.8. The molecule has 0 spiro atoms. The Hall–Kier alpha value is -2.41. The van der Waals surface area contributed by atoms with Crippen LogP contribution in [0.1, 0.15) is 22.7 Å². The highest BCUT2D eigenvalue weighted by Crippen LogP contribution is 2.23. The first-order chi connectivity index (χ1) is 11.7. The predicted octanol–water partition coefficient (Wildman–Crippen LogP) is 3.25. The molecule has 1 aromatic carbocycles. The lowest BCUT2D eigenvalue weighted by Crippen LogP contribution is -1.97. The summed E-state index contributed by atoms with van der Waals surface area (Å²) in [6.45, 7) is 1.93. The molecule has 0 aliphatic heterocycles. The Bertz CT molecular complexity index is 792. The smallest absolute Gasteiger partial charge is 0.316 e. The molecule has 0 bridgehead atoms. The van der Waals surface area contributed by atoms with Crippen molar-refractivity contribution >= 4 is 11.8 Å². The largest absolute Gasteiger partial charge is 0.467 e. The molecule has 2 heterocycles. The summed E-state index contributed by atoms with van der Waals surface area (Å²) in [5.41, 5.74) is 3.17. The highest BCUT2D eigenvalue weighted by Gasteiger charge is 2.10. The third kappa shape index (κ3) is 4.32. The lowest BCUT2D eigenvalue weighted by Gasteiger charge is -2.04. The predicted molar refractivity (Wildman–Crippen MR) is 91.0 cm³/mol. The molecule has 0 saturated carbocycles. The van der Waals surface area contributed by atoms with Crippen LogP contribution in [0.3, 0.4) is 0 Å². The van der Waals surface area contributed by atoms with Crippen molar-refractivity contribution in [2.45, 2.75) is 30.7 Å². The van der Waals surface area contributed by atoms with Gasteiger partial charge in [0.2, 0.25) is 5.89 Å². The first-order valence-electron chi connectivity index (χ1n) is 7.60. The molecular weight excluding hydrogens is 324 g/mol. The molecular formula is C17H18N4O2S. The molecule has 0 N–H and O–H groups in total. The topological polar surface area (TPSA) is 73.9 Å². The van der Waals surface area contributed by atoms with E-state index in [2.05, 4.69) is 32.3 Å². The van der Waals surface area contributed by atoms with Gasteiger partial charge in [-0.25, -0.2) is 9.97 Å². The number of hydrogen-bond acceptors (Lipinski definition) is 7. The third-order valence-corrected chi connectivity index (χ3v) is 4.38. The van der Waals surface area contributed by atoms with E-state index < -0.39 is 0 Å². The van der Waals surface area contributed by atoms with Crippen LogP contribution in [0.15, 0.2) is 46.2 Å². The van der Waals surface area contributed by atoms with E-state index in [1.807, 2.05) is 25.1 Å². The summed E-state index contributed by atoms with van der Waals surface area (Å²) in [6, 6.07) is 10.6. The van der Waals surface area contributed by atoms with Gasteiger partial charge in [-0.1, -0.05) is 42.1 Å². The lowest BCUT2D eigenvalue weighted by atomic mass is 10.1. The average Bonchev–Trinajstić information content (AvgIpc) is 3.07. The van der Waals surface area contributed by atoms with E-state index >= 15 is 0 Å². The quantitative estimate of drug-likeness (QED) is 0.610. The Kier molecular flexibility index (Phi) is 5.43. The fourth-order valence-electron chi connectivity index (χ4n) is 2.14. The number of aromatic nitrogens is 4. The van der Waals surface area contributed by atoms with Crippen LogP contribution in [0.25, 0.3) is 0 Å². The Morgan fingerprint density at radius 2 is 1.96 bits per heavy atom. The van der Waals surface area contributed by atoms with Crippen LogP contribution >= 0.6 is 11.8 Å². The standard InChI is InChI=1S/C17H18N4O2S/c1-12-14(10-18-16(19-12)22-2)11-24-17-21-20-15(23-17)9-8-13-6-4-3-5-7-13/h3-7,10H,8-9,11H2,1-2H3. The van der Waals surface area contributed by atoms with E-state index in [4.69, 9.17) is 9.15 Å². The van der Waals surface area contributed by atoms with Crippen molar-refractivity contribution in [1.29, 1.82) is 0 Å². The molecule has 0 radical (unpaired) electrons. The Morgan fingerprint density at radius 3 is 2.71 bits per heavy atom. The zero-order valence-corrected chi connectivity index (χ0v) is 14.4. The van der Waals surface area contributed by atoms with Crippen LogP contribution in [0.4, 0.5) is 0 Å². The summed E-state index contributed by atoms with van der Waals surface area (Å²) >= 11 is 1.48. The lowest BCUT2D eigenvalue weighted by molar-refractivity contribution is 0.378. The second-order valence-electron chi connectivity index (χ2n) is 5.20. The van der Waals surface area contributed by atoms with Gasteiger partial charge < -0.3 is 9.15 Å². The van der Waals surface area contributed by atoms with Crippen LogP contribution < -0.4 is 4.74 Å². The van der Waals surface area contributed by atoms with E-state index in [1.54, 1.807) is 13.3 Å². The van der Waals surface area contributed by atoms with Crippen molar-refractivity contribution in [2.75, 3.05) is 7.11 Å². The highest BCUT2D eigenvalue weighted by atomic mass is 32.2. The van der Waals surface area contributed by atoms with Gasteiger partial charge in [-0.3, -0.25) is 0 Å². The molecule has 0 fully saturated rings. The number of rotatable bonds is 7. The molecule has 6 nitrogen and oxygen atoms in total. The van der Waals surface area contributed by atoms with E-state index in [0.717, 1.165) is 24.1 Å². The van der Waals surface area contributed by atoms with Gasteiger partial charge in [0.05, 0.1) is 7.11 Å². The summed E-state index contributed by atoms with van der Waals surface area (Å²) < 4.78 is 10.7. The minimum absolute atomic E-state index is 0.377. The fraction of sp³-hybridized carbons (Fsp3) is 0.294. The molecule has 0 atom stereocenters. The van der Waals surface area contributed by atoms with E-state index in [9.17, 15) is 0 Å². The van der Waals surface area contributed by atoms with E-state index in [0.29, 0.717) is 22.9 Å². The molecule has 0 amide bonds. The summed E-state index contributed by atoms with van der Waals surface area (Å²) in [7, 11) is 1.55. The maximum Gasteiger partial charge on any atom is 0.316 e. The number of hydrogen-bond donors (Lipinski definition) is 0. The Balaban J connectivity index is 1.54. The number of aryl methyl sites for hydroxylation is 3. The Labute approximate surface area is 144 Å². The van der Waals surface area contributed by atoms with Crippen molar-refractivity contribution in [3.8, 4) is 6.01 Å². The maximum absolute atomic E-state index is 5.69. The van der Waals surface area contributed by atoms with Gasteiger partial charge in [-0.2, -0.15) is 0 Å². The van der Waals surface area contributed by atoms with Crippen LogP contribution in [0.2, 0.25) is 0 Å². The number of benzene rings is 1. The van der Waals surface area contributed by atoms with Crippen molar-refractivity contribution in [1.82, 2.24) is 20.2 Å². The van der Waals surface area contributed by atoms with Crippen molar-refractivity contribution < 1.29 is 9.15 Å². The van der Waals surface area contributed by atoms with Crippen molar-refractivity contribution in [2.24, 2.45) is 0 Å². The Morgan fingerprint density at radius 1 is 1.12 bits per heavy atom. The summed E-state index contributed by atoms with van der Waals surface area (Å²) in [4.78, 5) is 8.38. The highest BCUT2D eigenvalue weighted by molar-refractivity contribution is 7.98. The second-order valence-corrected chi connectivity index (χ2v) is 6.13. The van der Waals surface area contributed by atoms with E-state index in [1.165, 1.54) is 17.3 Å². The normalized spacial score (nSPS) is 10.8. The van der Waals surface area contributed by atoms with Gasteiger partial charge in [0.25, 0.3) is 5.22 Å². The number of methoxy groups -OCH3 is 1.